The third-order valence-electron chi connectivity index (χ3n) is 4.51. The SMILES string of the molecule is O=C(CCCCn1cc(C(=O)Nc2ccc(F)cc2)c(=O)c2ccccc21)NO. The van der Waals surface area contributed by atoms with Crippen molar-refractivity contribution < 1.29 is 19.2 Å². The molecule has 0 atom stereocenters. The average molecular weight is 397 g/mol. The van der Waals surface area contributed by atoms with Crippen molar-refractivity contribution in [3.63, 3.8) is 0 Å². The summed E-state index contributed by atoms with van der Waals surface area (Å²) >= 11 is 0. The first-order valence-electron chi connectivity index (χ1n) is 9.11. The Bertz CT molecular complexity index is 1090. The minimum absolute atomic E-state index is 0.0267. The molecule has 0 aliphatic heterocycles. The second-order valence-corrected chi connectivity index (χ2v) is 6.54. The molecule has 2 aromatic carbocycles. The predicted molar refractivity (Wildman–Crippen MR) is 106 cm³/mol. The molecule has 0 bridgehead atoms. The molecule has 0 saturated carbocycles. The van der Waals surface area contributed by atoms with E-state index in [-0.39, 0.29) is 12.0 Å². The average Bonchev–Trinajstić information content (AvgIpc) is 2.74. The summed E-state index contributed by atoms with van der Waals surface area (Å²) < 4.78 is 14.9. The van der Waals surface area contributed by atoms with Gasteiger partial charge in [-0.15, -0.1) is 0 Å². The van der Waals surface area contributed by atoms with Crippen molar-refractivity contribution in [3.05, 3.63) is 76.3 Å². The number of nitrogens with zero attached hydrogens (tertiary/aromatic N) is 1. The molecule has 0 aliphatic rings. The van der Waals surface area contributed by atoms with Crippen LogP contribution < -0.4 is 16.2 Å². The van der Waals surface area contributed by atoms with E-state index in [1.54, 1.807) is 34.3 Å². The van der Waals surface area contributed by atoms with Crippen LogP contribution in [-0.2, 0) is 11.3 Å². The van der Waals surface area contributed by atoms with E-state index in [4.69, 9.17) is 5.21 Å². The van der Waals surface area contributed by atoms with Gasteiger partial charge in [0.25, 0.3) is 5.91 Å². The molecular weight excluding hydrogens is 377 g/mol. The van der Waals surface area contributed by atoms with Crippen LogP contribution in [-0.4, -0.2) is 21.6 Å². The topological polar surface area (TPSA) is 100 Å². The zero-order valence-corrected chi connectivity index (χ0v) is 15.5. The first-order valence-corrected chi connectivity index (χ1v) is 9.11. The summed E-state index contributed by atoms with van der Waals surface area (Å²) in [5.41, 5.74) is 2.23. The van der Waals surface area contributed by atoms with E-state index < -0.39 is 23.1 Å². The molecule has 8 heteroatoms. The number of aryl methyl sites for hydroxylation is 1. The molecule has 150 valence electrons. The number of halogens is 1. The van der Waals surface area contributed by atoms with Gasteiger partial charge in [-0.25, -0.2) is 9.87 Å². The molecule has 0 radical (unpaired) electrons. The van der Waals surface area contributed by atoms with Crippen molar-refractivity contribution in [2.75, 3.05) is 5.32 Å². The number of rotatable bonds is 7. The van der Waals surface area contributed by atoms with Gasteiger partial charge < -0.3 is 9.88 Å². The minimum atomic E-state index is -0.583. The zero-order valence-electron chi connectivity index (χ0n) is 15.5. The highest BCUT2D eigenvalue weighted by Gasteiger charge is 2.15. The van der Waals surface area contributed by atoms with Crippen LogP contribution in [0.15, 0.2) is 59.5 Å². The van der Waals surface area contributed by atoms with E-state index >= 15 is 0 Å². The molecule has 2 amide bonds. The fraction of sp³-hybridized carbons (Fsp3) is 0.190. The van der Waals surface area contributed by atoms with Crippen LogP contribution in [0.3, 0.4) is 0 Å². The first-order chi connectivity index (χ1) is 14.0. The van der Waals surface area contributed by atoms with E-state index in [2.05, 4.69) is 5.32 Å². The van der Waals surface area contributed by atoms with Gasteiger partial charge in [0.15, 0.2) is 0 Å². The van der Waals surface area contributed by atoms with Gasteiger partial charge in [-0.2, -0.15) is 0 Å². The Morgan fingerprint density at radius 1 is 1.03 bits per heavy atom. The molecule has 1 heterocycles. The predicted octanol–water partition coefficient (Wildman–Crippen LogP) is 3.07. The first kappa shape index (κ1) is 20.2. The number of nitrogens with one attached hydrogen (secondary N) is 2. The summed E-state index contributed by atoms with van der Waals surface area (Å²) in [5.74, 6) is -1.47. The molecule has 0 spiro atoms. The number of aromatic nitrogens is 1. The van der Waals surface area contributed by atoms with Crippen LogP contribution in [0.2, 0.25) is 0 Å². The summed E-state index contributed by atoms with van der Waals surface area (Å²) in [5, 5.41) is 11.6. The van der Waals surface area contributed by atoms with E-state index in [0.29, 0.717) is 36.0 Å². The van der Waals surface area contributed by atoms with Gasteiger partial charge in [0, 0.05) is 30.2 Å². The third kappa shape index (κ3) is 4.85. The van der Waals surface area contributed by atoms with Gasteiger partial charge in [-0.1, -0.05) is 12.1 Å². The number of benzene rings is 2. The standard InChI is InChI=1S/C21H20FN3O4/c22-14-8-10-15(11-9-14)23-21(28)17-13-25(12-4-3-7-19(26)24-29)18-6-2-1-5-16(18)20(17)27/h1-2,5-6,8-11,13,29H,3-4,7,12H2,(H,23,28)(H,24,26). The van der Waals surface area contributed by atoms with Crippen LogP contribution in [0.4, 0.5) is 10.1 Å². The van der Waals surface area contributed by atoms with Gasteiger partial charge in [0.05, 0.1) is 5.52 Å². The number of hydroxylamine groups is 1. The molecule has 3 rings (SSSR count). The molecular formula is C21H20FN3O4. The normalized spacial score (nSPS) is 10.7. The highest BCUT2D eigenvalue weighted by molar-refractivity contribution is 6.05. The summed E-state index contributed by atoms with van der Waals surface area (Å²) in [6.45, 7) is 0.482. The molecule has 0 aliphatic carbocycles. The van der Waals surface area contributed by atoms with Crippen molar-refractivity contribution in [2.45, 2.75) is 25.8 Å². The highest BCUT2D eigenvalue weighted by atomic mass is 19.1. The Morgan fingerprint density at radius 3 is 2.48 bits per heavy atom. The zero-order chi connectivity index (χ0) is 20.8. The van der Waals surface area contributed by atoms with Crippen molar-refractivity contribution >= 4 is 28.4 Å². The molecule has 0 unspecified atom stereocenters. The van der Waals surface area contributed by atoms with E-state index in [0.717, 1.165) is 0 Å². The van der Waals surface area contributed by atoms with Gasteiger partial charge in [-0.3, -0.25) is 19.6 Å². The number of hydrogen-bond donors (Lipinski definition) is 3. The lowest BCUT2D eigenvalue weighted by molar-refractivity contribution is -0.129. The molecule has 29 heavy (non-hydrogen) atoms. The molecule has 0 fully saturated rings. The number of carbonyl (C=O) groups excluding carboxylic acids is 2. The van der Waals surface area contributed by atoms with Crippen molar-refractivity contribution in [1.29, 1.82) is 0 Å². The molecule has 3 N–H and O–H groups in total. The molecule has 0 saturated heterocycles. The Balaban J connectivity index is 1.87. The second kappa shape index (κ2) is 9.11. The third-order valence-corrected chi connectivity index (χ3v) is 4.51. The Hall–Kier alpha value is -3.52. The van der Waals surface area contributed by atoms with Gasteiger partial charge in [0.1, 0.15) is 11.4 Å². The van der Waals surface area contributed by atoms with E-state index in [1.165, 1.54) is 30.5 Å². The number of fused-ring (bicyclic) bond motifs is 1. The van der Waals surface area contributed by atoms with Crippen molar-refractivity contribution in [3.8, 4) is 0 Å². The number of hydrogen-bond acceptors (Lipinski definition) is 4. The Labute approximate surface area is 165 Å². The maximum atomic E-state index is 13.1. The van der Waals surface area contributed by atoms with Crippen LogP contribution >= 0.6 is 0 Å². The summed E-state index contributed by atoms with van der Waals surface area (Å²) in [7, 11) is 0. The number of unbranched alkanes of at least 4 members (excludes halogenated alkanes) is 1. The number of pyridine rings is 1. The number of carbonyl (C=O) groups is 2. The smallest absolute Gasteiger partial charge is 0.261 e. The maximum Gasteiger partial charge on any atom is 0.261 e. The van der Waals surface area contributed by atoms with Crippen LogP contribution in [0.25, 0.3) is 10.9 Å². The fourth-order valence-corrected chi connectivity index (χ4v) is 3.05. The van der Waals surface area contributed by atoms with E-state index in [9.17, 15) is 18.8 Å². The highest BCUT2D eigenvalue weighted by Crippen LogP contribution is 2.15. The lowest BCUT2D eigenvalue weighted by Gasteiger charge is -2.13. The minimum Gasteiger partial charge on any atom is -0.346 e. The molecule has 1 aromatic heterocycles. The maximum absolute atomic E-state index is 13.1. The van der Waals surface area contributed by atoms with Gasteiger partial charge >= 0.3 is 0 Å². The van der Waals surface area contributed by atoms with Crippen LogP contribution in [0.5, 0.6) is 0 Å². The van der Waals surface area contributed by atoms with Gasteiger partial charge in [-0.05, 0) is 49.2 Å². The van der Waals surface area contributed by atoms with Crippen molar-refractivity contribution in [1.82, 2.24) is 10.0 Å². The molecule has 7 nitrogen and oxygen atoms in total. The van der Waals surface area contributed by atoms with Crippen LogP contribution in [0.1, 0.15) is 29.6 Å². The van der Waals surface area contributed by atoms with Crippen molar-refractivity contribution in [2.24, 2.45) is 0 Å². The lowest BCUT2D eigenvalue weighted by atomic mass is 10.1. The summed E-state index contributed by atoms with van der Waals surface area (Å²) in [6.07, 6.45) is 2.81. The molecule has 3 aromatic rings. The van der Waals surface area contributed by atoms with Crippen LogP contribution in [0, 0.1) is 5.82 Å². The van der Waals surface area contributed by atoms with Gasteiger partial charge in [0.2, 0.25) is 11.3 Å². The van der Waals surface area contributed by atoms with E-state index in [1.807, 2.05) is 0 Å². The Morgan fingerprint density at radius 2 is 1.76 bits per heavy atom. The fourth-order valence-electron chi connectivity index (χ4n) is 3.05. The number of anilines is 1. The Kier molecular flexibility index (Phi) is 6.36. The lowest BCUT2D eigenvalue weighted by Crippen LogP contribution is -2.24. The second-order valence-electron chi connectivity index (χ2n) is 6.54. The number of para-hydroxylation sites is 1. The number of amides is 2. The quantitative estimate of drug-likeness (QED) is 0.324. The summed E-state index contributed by atoms with van der Waals surface area (Å²) in [6, 6.07) is 12.2. The largest absolute Gasteiger partial charge is 0.346 e. The monoisotopic (exact) mass is 397 g/mol. The summed E-state index contributed by atoms with van der Waals surface area (Å²) in [4.78, 5) is 36.6.